The molecule has 0 bridgehead atoms. The molecule has 0 saturated carbocycles. The van der Waals surface area contributed by atoms with Crippen LogP contribution in [-0.4, -0.2) is 40.3 Å². The highest BCUT2D eigenvalue weighted by molar-refractivity contribution is 5.94. The van der Waals surface area contributed by atoms with Crippen LogP contribution >= 0.6 is 0 Å². The van der Waals surface area contributed by atoms with Crippen LogP contribution < -0.4 is 14.8 Å². The van der Waals surface area contributed by atoms with Crippen molar-refractivity contribution in [3.63, 3.8) is 0 Å². The van der Waals surface area contributed by atoms with Gasteiger partial charge in [-0.3, -0.25) is 9.20 Å². The van der Waals surface area contributed by atoms with Crippen molar-refractivity contribution in [1.29, 1.82) is 0 Å². The van der Waals surface area contributed by atoms with Gasteiger partial charge >= 0.3 is 0 Å². The van der Waals surface area contributed by atoms with Crippen LogP contribution in [0.15, 0.2) is 42.6 Å². The summed E-state index contributed by atoms with van der Waals surface area (Å²) in [4.78, 5) is 12.3. The number of fused-ring (bicyclic) bond motifs is 2. The minimum absolute atomic E-state index is 0.122. The second-order valence-electron chi connectivity index (χ2n) is 5.76. The van der Waals surface area contributed by atoms with Crippen LogP contribution in [0.2, 0.25) is 0 Å². The number of benzene rings is 1. The molecule has 0 spiro atoms. The minimum Gasteiger partial charge on any atom is -0.486 e. The van der Waals surface area contributed by atoms with E-state index in [9.17, 15) is 4.79 Å². The van der Waals surface area contributed by atoms with Crippen LogP contribution in [0, 0.1) is 0 Å². The molecular formula is C18H18N4O3. The largest absolute Gasteiger partial charge is 0.486 e. The lowest BCUT2D eigenvalue weighted by Crippen LogP contribution is -2.25. The van der Waals surface area contributed by atoms with Crippen molar-refractivity contribution in [1.82, 2.24) is 19.9 Å². The Labute approximate surface area is 144 Å². The van der Waals surface area contributed by atoms with Gasteiger partial charge in [0.15, 0.2) is 17.1 Å². The van der Waals surface area contributed by atoms with E-state index in [-0.39, 0.29) is 5.91 Å². The molecule has 0 radical (unpaired) electrons. The monoisotopic (exact) mass is 338 g/mol. The third-order valence-corrected chi connectivity index (χ3v) is 4.05. The average molecular weight is 338 g/mol. The predicted molar refractivity (Wildman–Crippen MR) is 91.1 cm³/mol. The molecule has 1 aliphatic heterocycles. The number of aryl methyl sites for hydroxylation is 1. The van der Waals surface area contributed by atoms with Crippen molar-refractivity contribution in [3.05, 3.63) is 54.0 Å². The highest BCUT2D eigenvalue weighted by Crippen LogP contribution is 2.30. The van der Waals surface area contributed by atoms with Crippen LogP contribution in [0.4, 0.5) is 0 Å². The van der Waals surface area contributed by atoms with Crippen LogP contribution in [-0.2, 0) is 6.42 Å². The van der Waals surface area contributed by atoms with E-state index in [0.29, 0.717) is 36.8 Å². The topological polar surface area (TPSA) is 77.8 Å². The quantitative estimate of drug-likeness (QED) is 0.719. The number of ether oxygens (including phenoxy) is 2. The number of aromatic nitrogens is 3. The summed E-state index contributed by atoms with van der Waals surface area (Å²) in [6.45, 7) is 1.61. The normalized spacial score (nSPS) is 13.0. The number of nitrogens with zero attached hydrogens (tertiary/aromatic N) is 3. The molecule has 7 nitrogen and oxygen atoms in total. The van der Waals surface area contributed by atoms with Crippen molar-refractivity contribution < 1.29 is 14.3 Å². The zero-order valence-corrected chi connectivity index (χ0v) is 13.6. The fourth-order valence-electron chi connectivity index (χ4n) is 2.80. The summed E-state index contributed by atoms with van der Waals surface area (Å²) in [7, 11) is 0. The Morgan fingerprint density at radius 2 is 2.00 bits per heavy atom. The first-order chi connectivity index (χ1) is 12.3. The fourth-order valence-corrected chi connectivity index (χ4v) is 2.80. The van der Waals surface area contributed by atoms with Gasteiger partial charge in [-0.25, -0.2) is 0 Å². The van der Waals surface area contributed by atoms with E-state index >= 15 is 0 Å². The lowest BCUT2D eigenvalue weighted by molar-refractivity contribution is 0.0952. The van der Waals surface area contributed by atoms with Gasteiger partial charge in [0.2, 0.25) is 0 Å². The third kappa shape index (κ3) is 3.26. The number of carbonyl (C=O) groups excluding carboxylic acids is 1. The number of rotatable bonds is 5. The van der Waals surface area contributed by atoms with Crippen LogP contribution in [0.25, 0.3) is 5.65 Å². The molecule has 3 heterocycles. The van der Waals surface area contributed by atoms with Crippen molar-refractivity contribution in [2.45, 2.75) is 12.8 Å². The maximum absolute atomic E-state index is 12.3. The van der Waals surface area contributed by atoms with E-state index < -0.39 is 0 Å². The Kier molecular flexibility index (Phi) is 4.20. The minimum atomic E-state index is -0.122. The third-order valence-electron chi connectivity index (χ3n) is 4.05. The molecule has 1 aromatic carbocycles. The first-order valence-electron chi connectivity index (χ1n) is 8.28. The first-order valence-corrected chi connectivity index (χ1v) is 8.28. The van der Waals surface area contributed by atoms with E-state index in [1.807, 2.05) is 28.8 Å². The molecule has 0 fully saturated rings. The van der Waals surface area contributed by atoms with Gasteiger partial charge in [0.1, 0.15) is 19.0 Å². The molecule has 0 saturated heterocycles. The number of hydrogen-bond acceptors (Lipinski definition) is 5. The molecule has 25 heavy (non-hydrogen) atoms. The molecule has 0 aliphatic carbocycles. The summed E-state index contributed by atoms with van der Waals surface area (Å²) < 4.78 is 12.9. The van der Waals surface area contributed by atoms with Crippen molar-refractivity contribution >= 4 is 11.6 Å². The second-order valence-corrected chi connectivity index (χ2v) is 5.76. The lowest BCUT2D eigenvalue weighted by Gasteiger charge is -2.18. The van der Waals surface area contributed by atoms with Crippen LogP contribution in [0.1, 0.15) is 22.6 Å². The molecular weight excluding hydrogens is 320 g/mol. The zero-order chi connectivity index (χ0) is 17.1. The SMILES string of the molecule is O=C(NCCCc1nnc2ccccn12)c1ccc2c(c1)OCCO2. The molecule has 4 rings (SSSR count). The summed E-state index contributed by atoms with van der Waals surface area (Å²) in [5.74, 6) is 2.07. The van der Waals surface area contributed by atoms with Gasteiger partial charge in [0.05, 0.1) is 0 Å². The van der Waals surface area contributed by atoms with Gasteiger partial charge in [-0.05, 0) is 36.8 Å². The predicted octanol–water partition coefficient (Wildman–Crippen LogP) is 1.86. The highest BCUT2D eigenvalue weighted by atomic mass is 16.6. The highest BCUT2D eigenvalue weighted by Gasteiger charge is 2.14. The van der Waals surface area contributed by atoms with Crippen molar-refractivity contribution in [2.24, 2.45) is 0 Å². The van der Waals surface area contributed by atoms with E-state index in [1.165, 1.54) is 0 Å². The van der Waals surface area contributed by atoms with Gasteiger partial charge in [0.25, 0.3) is 5.91 Å². The molecule has 2 aromatic heterocycles. The Balaban J connectivity index is 1.32. The van der Waals surface area contributed by atoms with Gasteiger partial charge in [-0.15, -0.1) is 10.2 Å². The van der Waals surface area contributed by atoms with Gasteiger partial charge in [-0.1, -0.05) is 6.07 Å². The maximum Gasteiger partial charge on any atom is 0.251 e. The molecule has 3 aromatic rings. The number of hydrogen-bond donors (Lipinski definition) is 1. The summed E-state index contributed by atoms with van der Waals surface area (Å²) in [6.07, 6.45) is 3.47. The number of amides is 1. The molecule has 1 amide bonds. The Bertz CT molecular complexity index is 906. The Morgan fingerprint density at radius 3 is 2.92 bits per heavy atom. The number of pyridine rings is 1. The Morgan fingerprint density at radius 1 is 1.12 bits per heavy atom. The smallest absolute Gasteiger partial charge is 0.251 e. The van der Waals surface area contributed by atoms with E-state index in [2.05, 4.69) is 15.5 Å². The summed E-state index contributed by atoms with van der Waals surface area (Å²) >= 11 is 0. The first kappa shape index (κ1) is 15.4. The Hall–Kier alpha value is -3.09. The molecule has 1 aliphatic rings. The van der Waals surface area contributed by atoms with E-state index in [4.69, 9.17) is 9.47 Å². The summed E-state index contributed by atoms with van der Waals surface area (Å²) in [5.41, 5.74) is 1.40. The molecule has 0 unspecified atom stereocenters. The average Bonchev–Trinajstić information content (AvgIpc) is 3.08. The standard InChI is InChI=1S/C18H18N4O3/c23-18(13-6-7-14-15(12-13)25-11-10-24-14)19-8-3-5-17-21-20-16-4-1-2-9-22(16)17/h1-2,4,6-7,9,12H,3,5,8,10-11H2,(H,19,23). The second kappa shape index (κ2) is 6.80. The van der Waals surface area contributed by atoms with Gasteiger partial charge < -0.3 is 14.8 Å². The maximum atomic E-state index is 12.3. The molecule has 128 valence electrons. The van der Waals surface area contributed by atoms with Crippen LogP contribution in [0.3, 0.4) is 0 Å². The van der Waals surface area contributed by atoms with Crippen molar-refractivity contribution in [3.8, 4) is 11.5 Å². The zero-order valence-electron chi connectivity index (χ0n) is 13.6. The van der Waals surface area contributed by atoms with Gasteiger partial charge in [0, 0.05) is 24.7 Å². The summed E-state index contributed by atoms with van der Waals surface area (Å²) in [5, 5.41) is 11.2. The van der Waals surface area contributed by atoms with Crippen molar-refractivity contribution in [2.75, 3.05) is 19.8 Å². The number of carbonyl (C=O) groups is 1. The van der Waals surface area contributed by atoms with E-state index in [1.54, 1.807) is 18.2 Å². The van der Waals surface area contributed by atoms with Crippen LogP contribution in [0.5, 0.6) is 11.5 Å². The molecule has 7 heteroatoms. The van der Waals surface area contributed by atoms with Gasteiger partial charge in [-0.2, -0.15) is 0 Å². The molecule has 1 N–H and O–H groups in total. The van der Waals surface area contributed by atoms with E-state index in [0.717, 1.165) is 24.3 Å². The summed E-state index contributed by atoms with van der Waals surface area (Å²) in [6, 6.07) is 11.0. The fraction of sp³-hybridized carbons (Fsp3) is 0.278. The number of nitrogens with one attached hydrogen (secondary N) is 1. The lowest BCUT2D eigenvalue weighted by atomic mass is 10.1. The molecule has 0 atom stereocenters.